The van der Waals surface area contributed by atoms with Crippen molar-refractivity contribution in [1.82, 2.24) is 9.78 Å². The van der Waals surface area contributed by atoms with Crippen LogP contribution in [0.1, 0.15) is 21.6 Å². The SMILES string of the molecule is Cc1ccc(Cn2c[c]c(C(N)=O)n2)cc1F. The summed E-state index contributed by atoms with van der Waals surface area (Å²) < 4.78 is 14.8. The van der Waals surface area contributed by atoms with Crippen LogP contribution in [0.5, 0.6) is 0 Å². The number of nitrogens with zero attached hydrogens (tertiary/aromatic N) is 2. The second kappa shape index (κ2) is 4.37. The van der Waals surface area contributed by atoms with Gasteiger partial charge in [-0.05, 0) is 24.1 Å². The van der Waals surface area contributed by atoms with Crippen molar-refractivity contribution in [1.29, 1.82) is 0 Å². The van der Waals surface area contributed by atoms with Crippen molar-refractivity contribution >= 4 is 5.91 Å². The molecule has 0 aliphatic heterocycles. The van der Waals surface area contributed by atoms with Crippen LogP contribution in [0.15, 0.2) is 24.4 Å². The fourth-order valence-electron chi connectivity index (χ4n) is 1.45. The Bertz CT molecular complexity index is 563. The predicted molar refractivity (Wildman–Crippen MR) is 59.8 cm³/mol. The van der Waals surface area contributed by atoms with E-state index in [1.54, 1.807) is 13.0 Å². The lowest BCUT2D eigenvalue weighted by Crippen LogP contribution is -2.12. The van der Waals surface area contributed by atoms with Gasteiger partial charge in [0.05, 0.1) is 6.54 Å². The molecule has 0 aliphatic carbocycles. The molecule has 1 aromatic carbocycles. The van der Waals surface area contributed by atoms with Gasteiger partial charge in [0.25, 0.3) is 5.91 Å². The number of carbonyl (C=O) groups is 1. The van der Waals surface area contributed by atoms with Crippen molar-refractivity contribution in [2.24, 2.45) is 5.73 Å². The number of amides is 1. The Morgan fingerprint density at radius 2 is 2.35 bits per heavy atom. The van der Waals surface area contributed by atoms with E-state index in [0.29, 0.717) is 12.1 Å². The molecule has 17 heavy (non-hydrogen) atoms. The minimum atomic E-state index is -0.626. The number of primary amides is 1. The van der Waals surface area contributed by atoms with Crippen molar-refractivity contribution in [3.05, 3.63) is 53.1 Å². The maximum Gasteiger partial charge on any atom is 0.269 e. The molecule has 2 N–H and O–H groups in total. The number of benzene rings is 1. The van der Waals surface area contributed by atoms with Gasteiger partial charge in [0.15, 0.2) is 5.69 Å². The average Bonchev–Trinajstić information content (AvgIpc) is 2.72. The Hall–Kier alpha value is -2.17. The number of aromatic nitrogens is 2. The minimum Gasteiger partial charge on any atom is -0.364 e. The number of rotatable bonds is 3. The van der Waals surface area contributed by atoms with E-state index in [-0.39, 0.29) is 11.5 Å². The molecule has 2 rings (SSSR count). The van der Waals surface area contributed by atoms with E-state index >= 15 is 0 Å². The molecular formula is C12H11FN3O. The summed E-state index contributed by atoms with van der Waals surface area (Å²) in [5.41, 5.74) is 6.50. The van der Waals surface area contributed by atoms with E-state index in [9.17, 15) is 9.18 Å². The standard InChI is InChI=1S/C12H11FN3O/c1-8-2-3-9(6-10(8)13)7-16-5-4-11(15-16)12(14)17/h2-3,5-6H,7H2,1H3,(H2,14,17). The number of halogens is 1. The Morgan fingerprint density at radius 1 is 1.59 bits per heavy atom. The average molecular weight is 232 g/mol. The number of carbonyl (C=O) groups excluding carboxylic acids is 1. The smallest absolute Gasteiger partial charge is 0.269 e. The third kappa shape index (κ3) is 2.50. The molecule has 0 spiro atoms. The minimum absolute atomic E-state index is 0.0811. The van der Waals surface area contributed by atoms with Crippen LogP contribution in [0.3, 0.4) is 0 Å². The highest BCUT2D eigenvalue weighted by Gasteiger charge is 2.06. The maximum atomic E-state index is 13.3. The Morgan fingerprint density at radius 3 is 2.94 bits per heavy atom. The fraction of sp³-hybridized carbons (Fsp3) is 0.167. The molecule has 2 aromatic rings. The van der Waals surface area contributed by atoms with Gasteiger partial charge in [-0.2, -0.15) is 5.10 Å². The third-order valence-electron chi connectivity index (χ3n) is 2.39. The van der Waals surface area contributed by atoms with Gasteiger partial charge in [0.1, 0.15) is 5.82 Å². The molecule has 0 unspecified atom stereocenters. The quantitative estimate of drug-likeness (QED) is 0.866. The highest BCUT2D eigenvalue weighted by atomic mass is 19.1. The van der Waals surface area contributed by atoms with Crippen molar-refractivity contribution < 1.29 is 9.18 Å². The van der Waals surface area contributed by atoms with Crippen LogP contribution in [0.25, 0.3) is 0 Å². The van der Waals surface area contributed by atoms with Gasteiger partial charge in [-0.15, -0.1) is 0 Å². The van der Waals surface area contributed by atoms with Gasteiger partial charge in [-0.3, -0.25) is 9.48 Å². The zero-order valence-electron chi connectivity index (χ0n) is 9.27. The van der Waals surface area contributed by atoms with Crippen molar-refractivity contribution in [2.45, 2.75) is 13.5 Å². The van der Waals surface area contributed by atoms with Crippen LogP contribution in [-0.4, -0.2) is 15.7 Å². The normalized spacial score (nSPS) is 10.5. The predicted octanol–water partition coefficient (Wildman–Crippen LogP) is 1.28. The van der Waals surface area contributed by atoms with Crippen molar-refractivity contribution in [3.63, 3.8) is 0 Å². The molecule has 1 amide bonds. The number of nitrogens with two attached hydrogens (primary N) is 1. The first-order chi connectivity index (χ1) is 8.06. The first-order valence-corrected chi connectivity index (χ1v) is 5.06. The molecule has 0 bridgehead atoms. The largest absolute Gasteiger partial charge is 0.364 e. The summed E-state index contributed by atoms with van der Waals surface area (Å²) in [7, 11) is 0. The Labute approximate surface area is 97.9 Å². The van der Waals surface area contributed by atoms with Gasteiger partial charge in [0.2, 0.25) is 0 Å². The van der Waals surface area contributed by atoms with Crippen LogP contribution in [0, 0.1) is 18.8 Å². The van der Waals surface area contributed by atoms with Gasteiger partial charge in [-0.25, -0.2) is 4.39 Å². The van der Waals surface area contributed by atoms with E-state index in [1.165, 1.54) is 16.9 Å². The highest BCUT2D eigenvalue weighted by molar-refractivity contribution is 5.90. The van der Waals surface area contributed by atoms with Gasteiger partial charge >= 0.3 is 0 Å². The monoisotopic (exact) mass is 232 g/mol. The molecule has 0 atom stereocenters. The molecule has 1 heterocycles. The van der Waals surface area contributed by atoms with Crippen LogP contribution >= 0.6 is 0 Å². The molecule has 4 nitrogen and oxygen atoms in total. The maximum absolute atomic E-state index is 13.3. The van der Waals surface area contributed by atoms with E-state index < -0.39 is 5.91 Å². The lowest BCUT2D eigenvalue weighted by Gasteiger charge is -2.03. The molecule has 0 saturated heterocycles. The van der Waals surface area contributed by atoms with Crippen LogP contribution in [-0.2, 0) is 6.54 Å². The molecule has 0 aliphatic rings. The van der Waals surface area contributed by atoms with E-state index in [0.717, 1.165) is 5.56 Å². The van der Waals surface area contributed by atoms with Gasteiger partial charge in [-0.1, -0.05) is 12.1 Å². The number of hydrogen-bond acceptors (Lipinski definition) is 2. The number of aryl methyl sites for hydroxylation is 1. The summed E-state index contributed by atoms with van der Waals surface area (Å²) in [6, 6.07) is 7.59. The summed E-state index contributed by atoms with van der Waals surface area (Å²) in [4.78, 5) is 10.8. The topological polar surface area (TPSA) is 60.9 Å². The first-order valence-electron chi connectivity index (χ1n) is 5.06. The summed E-state index contributed by atoms with van der Waals surface area (Å²) in [5, 5.41) is 3.92. The van der Waals surface area contributed by atoms with Gasteiger partial charge in [0, 0.05) is 12.3 Å². The number of hydrogen-bond donors (Lipinski definition) is 1. The molecule has 5 heteroatoms. The Balaban J connectivity index is 2.19. The van der Waals surface area contributed by atoms with Crippen molar-refractivity contribution in [3.8, 4) is 0 Å². The van der Waals surface area contributed by atoms with Crippen LogP contribution < -0.4 is 5.73 Å². The zero-order chi connectivity index (χ0) is 12.4. The molecule has 1 radical (unpaired) electrons. The van der Waals surface area contributed by atoms with E-state index in [2.05, 4.69) is 11.2 Å². The molecule has 1 aromatic heterocycles. The van der Waals surface area contributed by atoms with Crippen LogP contribution in [0.4, 0.5) is 4.39 Å². The Kier molecular flexibility index (Phi) is 2.91. The summed E-state index contributed by atoms with van der Waals surface area (Å²) in [5.74, 6) is -0.882. The summed E-state index contributed by atoms with van der Waals surface area (Å²) >= 11 is 0. The highest BCUT2D eigenvalue weighted by Crippen LogP contribution is 2.10. The van der Waals surface area contributed by atoms with E-state index in [4.69, 9.17) is 5.73 Å². The van der Waals surface area contributed by atoms with Crippen molar-refractivity contribution in [2.75, 3.05) is 0 Å². The first kappa shape index (κ1) is 11.3. The van der Waals surface area contributed by atoms with E-state index in [1.807, 2.05) is 6.07 Å². The summed E-state index contributed by atoms with van der Waals surface area (Å²) in [6.45, 7) is 2.08. The zero-order valence-corrected chi connectivity index (χ0v) is 9.27. The molecule has 0 fully saturated rings. The fourth-order valence-corrected chi connectivity index (χ4v) is 1.45. The second-order valence-electron chi connectivity index (χ2n) is 3.77. The molecule has 87 valence electrons. The lowest BCUT2D eigenvalue weighted by molar-refractivity contribution is 0.0994. The second-order valence-corrected chi connectivity index (χ2v) is 3.77. The molecule has 0 saturated carbocycles. The summed E-state index contributed by atoms with van der Waals surface area (Å²) in [6.07, 6.45) is 1.51. The van der Waals surface area contributed by atoms with Gasteiger partial charge < -0.3 is 5.73 Å². The van der Waals surface area contributed by atoms with Crippen LogP contribution in [0.2, 0.25) is 0 Å². The lowest BCUT2D eigenvalue weighted by atomic mass is 10.1. The third-order valence-corrected chi connectivity index (χ3v) is 2.39. The molecular weight excluding hydrogens is 221 g/mol.